The zero-order valence-corrected chi connectivity index (χ0v) is 12.0. The maximum atomic E-state index is 12.5. The Kier molecular flexibility index (Phi) is 4.16. The number of nitrogens with zero attached hydrogens (tertiary/aromatic N) is 1. The van der Waals surface area contributed by atoms with Crippen LogP contribution in [0.5, 0.6) is 5.75 Å². The number of rotatable bonds is 5. The van der Waals surface area contributed by atoms with E-state index in [4.69, 9.17) is 5.11 Å². The number of nitrogens with one attached hydrogen (secondary N) is 1. The van der Waals surface area contributed by atoms with Crippen molar-refractivity contribution in [1.29, 1.82) is 0 Å². The molecule has 0 aliphatic carbocycles. The molecule has 6 nitrogen and oxygen atoms in total. The average molecular weight is 290 g/mol. The molecule has 112 valence electrons. The van der Waals surface area contributed by atoms with Crippen LogP contribution in [-0.2, 0) is 11.2 Å². The Morgan fingerprint density at radius 1 is 1.29 bits per heavy atom. The highest BCUT2D eigenvalue weighted by atomic mass is 16.4. The molecule has 0 fully saturated rings. The van der Waals surface area contributed by atoms with Crippen LogP contribution in [-0.4, -0.2) is 26.0 Å². The first-order chi connectivity index (χ1) is 9.90. The summed E-state index contributed by atoms with van der Waals surface area (Å²) in [7, 11) is 0. The van der Waals surface area contributed by atoms with E-state index in [9.17, 15) is 14.7 Å². The third-order valence-corrected chi connectivity index (χ3v) is 3.29. The molecule has 2 aromatic rings. The predicted octanol–water partition coefficient (Wildman–Crippen LogP) is 2.01. The maximum absolute atomic E-state index is 12.5. The number of phenolic OH excluding ortho intramolecular Hbond substituents is 1. The molecule has 0 spiro atoms. The van der Waals surface area contributed by atoms with E-state index in [1.807, 2.05) is 13.8 Å². The summed E-state index contributed by atoms with van der Waals surface area (Å²) in [6, 6.07) is 6.24. The molecular weight excluding hydrogens is 272 g/mol. The van der Waals surface area contributed by atoms with Crippen molar-refractivity contribution in [2.24, 2.45) is 0 Å². The molecule has 21 heavy (non-hydrogen) atoms. The summed E-state index contributed by atoms with van der Waals surface area (Å²) >= 11 is 0. The van der Waals surface area contributed by atoms with Crippen LogP contribution < -0.4 is 5.56 Å². The number of carbonyl (C=O) groups is 1. The fraction of sp³-hybridized carbons (Fsp3) is 0.333. The monoisotopic (exact) mass is 290 g/mol. The molecule has 6 heteroatoms. The Balaban J connectivity index is 2.48. The van der Waals surface area contributed by atoms with Crippen molar-refractivity contribution in [3.8, 4) is 11.4 Å². The number of phenols is 1. The largest absolute Gasteiger partial charge is 0.508 e. The molecule has 0 saturated carbocycles. The number of aromatic nitrogens is 2. The Labute approximate surface area is 121 Å². The molecule has 0 bridgehead atoms. The van der Waals surface area contributed by atoms with Gasteiger partial charge >= 0.3 is 5.97 Å². The summed E-state index contributed by atoms with van der Waals surface area (Å²) in [5.41, 5.74) is 1.60. The lowest BCUT2D eigenvalue weighted by Gasteiger charge is -2.04. The second kappa shape index (κ2) is 5.87. The van der Waals surface area contributed by atoms with Crippen molar-refractivity contribution in [3.05, 3.63) is 45.9 Å². The van der Waals surface area contributed by atoms with Gasteiger partial charge in [-0.1, -0.05) is 13.8 Å². The van der Waals surface area contributed by atoms with Crippen LogP contribution in [0.15, 0.2) is 29.1 Å². The Hall–Kier alpha value is -2.50. The third kappa shape index (κ3) is 3.16. The number of aliphatic carboxylic acids is 1. The van der Waals surface area contributed by atoms with Gasteiger partial charge in [-0.05, 0) is 36.6 Å². The van der Waals surface area contributed by atoms with Crippen LogP contribution >= 0.6 is 0 Å². The van der Waals surface area contributed by atoms with Gasteiger partial charge in [-0.3, -0.25) is 14.7 Å². The van der Waals surface area contributed by atoms with Gasteiger partial charge in [0.25, 0.3) is 5.56 Å². The van der Waals surface area contributed by atoms with Crippen molar-refractivity contribution in [1.82, 2.24) is 9.78 Å². The molecule has 0 saturated heterocycles. The fourth-order valence-corrected chi connectivity index (χ4v) is 2.22. The Morgan fingerprint density at radius 2 is 1.90 bits per heavy atom. The first-order valence-corrected chi connectivity index (χ1v) is 6.75. The maximum Gasteiger partial charge on any atom is 0.303 e. The summed E-state index contributed by atoms with van der Waals surface area (Å²) in [4.78, 5) is 23.2. The molecule has 1 aromatic carbocycles. The lowest BCUT2D eigenvalue weighted by atomic mass is 10.0. The predicted molar refractivity (Wildman–Crippen MR) is 78.1 cm³/mol. The van der Waals surface area contributed by atoms with Gasteiger partial charge in [0.1, 0.15) is 5.75 Å². The normalized spacial score (nSPS) is 11.0. The highest BCUT2D eigenvalue weighted by Gasteiger charge is 2.18. The molecule has 0 atom stereocenters. The van der Waals surface area contributed by atoms with Crippen LogP contribution in [0.1, 0.15) is 37.4 Å². The van der Waals surface area contributed by atoms with Crippen molar-refractivity contribution >= 4 is 5.97 Å². The highest BCUT2D eigenvalue weighted by Crippen LogP contribution is 2.18. The fourth-order valence-electron chi connectivity index (χ4n) is 2.22. The van der Waals surface area contributed by atoms with Crippen LogP contribution in [0.3, 0.4) is 0 Å². The standard InChI is InChI=1S/C15H18N2O4/c1-9(2)14-12(7-8-13(19)20)15(21)17(16-14)10-3-5-11(18)6-4-10/h3-6,9,16,18H,7-8H2,1-2H3,(H,19,20). The number of carboxylic acid groups (broad SMARTS) is 1. The van der Waals surface area contributed by atoms with Gasteiger partial charge in [-0.25, -0.2) is 4.68 Å². The number of hydrogen-bond donors (Lipinski definition) is 3. The van der Waals surface area contributed by atoms with E-state index in [1.54, 1.807) is 12.1 Å². The quantitative estimate of drug-likeness (QED) is 0.785. The van der Waals surface area contributed by atoms with Crippen molar-refractivity contribution in [2.45, 2.75) is 32.6 Å². The first kappa shape index (κ1) is 14.9. The van der Waals surface area contributed by atoms with Gasteiger partial charge < -0.3 is 10.2 Å². The van der Waals surface area contributed by atoms with E-state index in [0.29, 0.717) is 11.3 Å². The summed E-state index contributed by atoms with van der Waals surface area (Å²) in [6.07, 6.45) is 0.117. The minimum atomic E-state index is -0.929. The minimum absolute atomic E-state index is 0.0810. The van der Waals surface area contributed by atoms with Crippen LogP contribution in [0.4, 0.5) is 0 Å². The van der Waals surface area contributed by atoms with Crippen LogP contribution in [0.25, 0.3) is 5.69 Å². The van der Waals surface area contributed by atoms with E-state index in [1.165, 1.54) is 16.8 Å². The molecule has 0 unspecified atom stereocenters. The van der Waals surface area contributed by atoms with Gasteiger partial charge in [0.05, 0.1) is 5.69 Å². The number of benzene rings is 1. The van der Waals surface area contributed by atoms with Gasteiger partial charge in [0.15, 0.2) is 0 Å². The molecule has 2 rings (SSSR count). The summed E-state index contributed by atoms with van der Waals surface area (Å²) in [5, 5.41) is 21.1. The van der Waals surface area contributed by atoms with E-state index in [-0.39, 0.29) is 30.1 Å². The van der Waals surface area contributed by atoms with Crippen LogP contribution in [0.2, 0.25) is 0 Å². The first-order valence-electron chi connectivity index (χ1n) is 6.75. The van der Waals surface area contributed by atoms with E-state index in [2.05, 4.69) is 5.10 Å². The van der Waals surface area contributed by atoms with E-state index in [0.717, 1.165) is 5.69 Å². The van der Waals surface area contributed by atoms with Gasteiger partial charge in [-0.2, -0.15) is 0 Å². The lowest BCUT2D eigenvalue weighted by molar-refractivity contribution is -0.136. The smallest absolute Gasteiger partial charge is 0.303 e. The SMILES string of the molecule is CC(C)c1[nH]n(-c2ccc(O)cc2)c(=O)c1CCC(=O)O. The number of aromatic hydroxyl groups is 1. The molecule has 0 radical (unpaired) electrons. The van der Waals surface area contributed by atoms with E-state index < -0.39 is 5.97 Å². The zero-order chi connectivity index (χ0) is 15.6. The number of H-pyrrole nitrogens is 1. The average Bonchev–Trinajstić information content (AvgIpc) is 2.75. The van der Waals surface area contributed by atoms with Crippen LogP contribution in [0, 0.1) is 0 Å². The molecule has 1 aromatic heterocycles. The lowest BCUT2D eigenvalue weighted by Crippen LogP contribution is -2.18. The van der Waals surface area contributed by atoms with E-state index >= 15 is 0 Å². The number of aromatic amines is 1. The Morgan fingerprint density at radius 3 is 2.43 bits per heavy atom. The molecule has 0 aliphatic rings. The Bertz CT molecular complexity index is 695. The summed E-state index contributed by atoms with van der Waals surface area (Å²) < 4.78 is 1.38. The van der Waals surface area contributed by atoms with Gasteiger partial charge in [-0.15, -0.1) is 0 Å². The minimum Gasteiger partial charge on any atom is -0.508 e. The second-order valence-corrected chi connectivity index (χ2v) is 5.21. The number of hydrogen-bond acceptors (Lipinski definition) is 3. The van der Waals surface area contributed by atoms with Gasteiger partial charge in [0.2, 0.25) is 0 Å². The summed E-state index contributed by atoms with van der Waals surface area (Å²) in [5.74, 6) is -0.727. The topological polar surface area (TPSA) is 95.3 Å². The third-order valence-electron chi connectivity index (χ3n) is 3.29. The number of carboxylic acids is 1. The van der Waals surface area contributed by atoms with Crippen molar-refractivity contribution in [3.63, 3.8) is 0 Å². The zero-order valence-electron chi connectivity index (χ0n) is 12.0. The second-order valence-electron chi connectivity index (χ2n) is 5.21. The van der Waals surface area contributed by atoms with Gasteiger partial charge in [0, 0.05) is 17.7 Å². The molecule has 0 amide bonds. The summed E-state index contributed by atoms with van der Waals surface area (Å²) in [6.45, 7) is 3.88. The van der Waals surface area contributed by atoms with Crippen molar-refractivity contribution in [2.75, 3.05) is 0 Å². The molecular formula is C15H18N2O4. The molecule has 1 heterocycles. The molecule has 0 aliphatic heterocycles. The van der Waals surface area contributed by atoms with Crippen molar-refractivity contribution < 1.29 is 15.0 Å². The molecule has 3 N–H and O–H groups in total. The highest BCUT2D eigenvalue weighted by molar-refractivity contribution is 5.67.